The van der Waals surface area contributed by atoms with Crippen LogP contribution in [-0.2, 0) is 13.1 Å². The third-order valence-electron chi connectivity index (χ3n) is 4.43. The second-order valence-corrected chi connectivity index (χ2v) is 6.52. The molecule has 2 amide bonds. The number of urea groups is 1. The number of para-hydroxylation sites is 1. The lowest BCUT2D eigenvalue weighted by atomic mass is 10.1. The molecule has 1 aromatic carbocycles. The standard InChI is InChI=1S/C18H26N6O/c1-15(12-24-14-19-13-21-24)22-18(25)20-11-16-7-3-4-8-17(16)23-9-5-2-6-10-23/h3-4,7-8,13-15H,2,5-6,9-12H2,1H3,(H2,20,22,25). The molecular weight excluding hydrogens is 316 g/mol. The molecule has 25 heavy (non-hydrogen) atoms. The average molecular weight is 342 g/mol. The van der Waals surface area contributed by atoms with Gasteiger partial charge in [-0.25, -0.2) is 9.78 Å². The van der Waals surface area contributed by atoms with Crippen molar-refractivity contribution in [1.82, 2.24) is 25.4 Å². The van der Waals surface area contributed by atoms with E-state index in [0.717, 1.165) is 18.7 Å². The van der Waals surface area contributed by atoms with Crippen LogP contribution in [0.4, 0.5) is 10.5 Å². The Morgan fingerprint density at radius 2 is 2.04 bits per heavy atom. The van der Waals surface area contributed by atoms with E-state index in [-0.39, 0.29) is 12.1 Å². The maximum absolute atomic E-state index is 12.2. The van der Waals surface area contributed by atoms with Crippen molar-refractivity contribution in [3.63, 3.8) is 0 Å². The lowest BCUT2D eigenvalue weighted by Crippen LogP contribution is -2.42. The molecule has 1 aromatic heterocycles. The molecule has 1 saturated heterocycles. The Morgan fingerprint density at radius 3 is 2.80 bits per heavy atom. The Hall–Kier alpha value is -2.57. The molecule has 3 rings (SSSR count). The van der Waals surface area contributed by atoms with Gasteiger partial charge in [0.2, 0.25) is 0 Å². The molecule has 1 unspecified atom stereocenters. The number of hydrogen-bond donors (Lipinski definition) is 2. The third-order valence-corrected chi connectivity index (χ3v) is 4.43. The minimum atomic E-state index is -0.166. The summed E-state index contributed by atoms with van der Waals surface area (Å²) in [5.41, 5.74) is 2.39. The summed E-state index contributed by atoms with van der Waals surface area (Å²) in [7, 11) is 0. The van der Waals surface area contributed by atoms with Crippen molar-refractivity contribution >= 4 is 11.7 Å². The first-order valence-electron chi connectivity index (χ1n) is 8.92. The molecule has 0 bridgehead atoms. The zero-order chi connectivity index (χ0) is 17.5. The van der Waals surface area contributed by atoms with Crippen LogP contribution in [0.3, 0.4) is 0 Å². The number of benzene rings is 1. The maximum atomic E-state index is 12.2. The van der Waals surface area contributed by atoms with E-state index < -0.39 is 0 Å². The van der Waals surface area contributed by atoms with Gasteiger partial charge in [0.15, 0.2) is 0 Å². The number of aromatic nitrogens is 3. The molecule has 0 spiro atoms. The normalized spacial score (nSPS) is 15.6. The summed E-state index contributed by atoms with van der Waals surface area (Å²) in [6.07, 6.45) is 6.92. The Balaban J connectivity index is 1.51. The van der Waals surface area contributed by atoms with Gasteiger partial charge in [-0.05, 0) is 37.8 Å². The Labute approximate surface area is 148 Å². The van der Waals surface area contributed by atoms with Crippen LogP contribution in [0.15, 0.2) is 36.9 Å². The van der Waals surface area contributed by atoms with Crippen LogP contribution in [-0.4, -0.2) is 39.9 Å². The van der Waals surface area contributed by atoms with Crippen molar-refractivity contribution in [3.8, 4) is 0 Å². The molecule has 7 nitrogen and oxygen atoms in total. The highest BCUT2D eigenvalue weighted by molar-refractivity contribution is 5.74. The topological polar surface area (TPSA) is 75.1 Å². The number of carbonyl (C=O) groups is 1. The first-order valence-corrected chi connectivity index (χ1v) is 8.92. The van der Waals surface area contributed by atoms with E-state index in [2.05, 4.69) is 43.8 Å². The summed E-state index contributed by atoms with van der Waals surface area (Å²) in [6.45, 7) is 5.26. The Kier molecular flexibility index (Phi) is 5.87. The number of carbonyl (C=O) groups excluding carboxylic acids is 1. The fourth-order valence-corrected chi connectivity index (χ4v) is 3.21. The quantitative estimate of drug-likeness (QED) is 0.843. The smallest absolute Gasteiger partial charge is 0.315 e. The van der Waals surface area contributed by atoms with Gasteiger partial charge >= 0.3 is 6.03 Å². The van der Waals surface area contributed by atoms with Crippen LogP contribution in [0, 0.1) is 0 Å². The van der Waals surface area contributed by atoms with E-state index in [1.165, 1.54) is 31.3 Å². The number of nitrogens with zero attached hydrogens (tertiary/aromatic N) is 4. The third kappa shape index (κ3) is 4.95. The zero-order valence-corrected chi connectivity index (χ0v) is 14.7. The van der Waals surface area contributed by atoms with Crippen LogP contribution in [0.1, 0.15) is 31.7 Å². The van der Waals surface area contributed by atoms with Gasteiger partial charge in [-0.1, -0.05) is 18.2 Å². The summed E-state index contributed by atoms with van der Waals surface area (Å²) >= 11 is 0. The van der Waals surface area contributed by atoms with Gasteiger partial charge in [-0.2, -0.15) is 5.10 Å². The summed E-state index contributed by atoms with van der Waals surface area (Å²) < 4.78 is 1.70. The van der Waals surface area contributed by atoms with Crippen LogP contribution in [0.5, 0.6) is 0 Å². The number of anilines is 1. The molecule has 2 aromatic rings. The number of piperidine rings is 1. The maximum Gasteiger partial charge on any atom is 0.315 e. The van der Waals surface area contributed by atoms with Gasteiger partial charge in [0, 0.05) is 31.4 Å². The predicted octanol–water partition coefficient (Wildman–Crippen LogP) is 2.16. The number of rotatable bonds is 6. The highest BCUT2D eigenvalue weighted by atomic mass is 16.2. The molecule has 1 fully saturated rings. The second kappa shape index (κ2) is 8.50. The summed E-state index contributed by atoms with van der Waals surface area (Å²) in [5.74, 6) is 0. The molecule has 1 aliphatic rings. The first kappa shape index (κ1) is 17.3. The van der Waals surface area contributed by atoms with E-state index >= 15 is 0 Å². The van der Waals surface area contributed by atoms with Crippen molar-refractivity contribution in [1.29, 1.82) is 0 Å². The van der Waals surface area contributed by atoms with Crippen molar-refractivity contribution in [3.05, 3.63) is 42.5 Å². The molecular formula is C18H26N6O. The fourth-order valence-electron chi connectivity index (χ4n) is 3.21. The second-order valence-electron chi connectivity index (χ2n) is 6.52. The lowest BCUT2D eigenvalue weighted by Gasteiger charge is -2.30. The molecule has 1 atom stereocenters. The molecule has 7 heteroatoms. The highest BCUT2D eigenvalue weighted by Crippen LogP contribution is 2.23. The summed E-state index contributed by atoms with van der Waals surface area (Å²) in [6, 6.07) is 8.13. The fraction of sp³-hybridized carbons (Fsp3) is 0.500. The van der Waals surface area contributed by atoms with E-state index in [1.54, 1.807) is 11.0 Å². The van der Waals surface area contributed by atoms with Crippen LogP contribution >= 0.6 is 0 Å². The van der Waals surface area contributed by atoms with Gasteiger partial charge in [0.25, 0.3) is 0 Å². The monoisotopic (exact) mass is 342 g/mol. The molecule has 2 heterocycles. The van der Waals surface area contributed by atoms with Crippen LogP contribution in [0.25, 0.3) is 0 Å². The van der Waals surface area contributed by atoms with Gasteiger partial charge in [-0.3, -0.25) is 4.68 Å². The summed E-state index contributed by atoms with van der Waals surface area (Å²) in [5, 5.41) is 9.95. The van der Waals surface area contributed by atoms with Crippen molar-refractivity contribution < 1.29 is 4.79 Å². The Morgan fingerprint density at radius 1 is 1.24 bits per heavy atom. The van der Waals surface area contributed by atoms with Crippen LogP contribution < -0.4 is 15.5 Å². The predicted molar refractivity (Wildman–Crippen MR) is 97.4 cm³/mol. The molecule has 1 aliphatic heterocycles. The largest absolute Gasteiger partial charge is 0.371 e. The molecule has 0 saturated carbocycles. The molecule has 0 radical (unpaired) electrons. The van der Waals surface area contributed by atoms with Gasteiger partial charge < -0.3 is 15.5 Å². The van der Waals surface area contributed by atoms with E-state index in [4.69, 9.17) is 0 Å². The van der Waals surface area contributed by atoms with Crippen molar-refractivity contribution in [2.24, 2.45) is 0 Å². The number of hydrogen-bond acceptors (Lipinski definition) is 4. The molecule has 0 aliphatic carbocycles. The zero-order valence-electron chi connectivity index (χ0n) is 14.7. The first-order chi connectivity index (χ1) is 12.2. The number of nitrogens with one attached hydrogen (secondary N) is 2. The van der Waals surface area contributed by atoms with E-state index in [0.29, 0.717) is 13.1 Å². The highest BCUT2D eigenvalue weighted by Gasteiger charge is 2.15. The van der Waals surface area contributed by atoms with Crippen LogP contribution in [0.2, 0.25) is 0 Å². The van der Waals surface area contributed by atoms with Gasteiger partial charge in [-0.15, -0.1) is 0 Å². The SMILES string of the molecule is CC(Cn1cncn1)NC(=O)NCc1ccccc1N1CCCCC1. The summed E-state index contributed by atoms with van der Waals surface area (Å²) in [4.78, 5) is 18.5. The number of amides is 2. The van der Waals surface area contributed by atoms with Crippen molar-refractivity contribution in [2.75, 3.05) is 18.0 Å². The Bertz CT molecular complexity index is 666. The van der Waals surface area contributed by atoms with E-state index in [1.807, 2.05) is 13.0 Å². The lowest BCUT2D eigenvalue weighted by molar-refractivity contribution is 0.235. The minimum absolute atomic E-state index is 0.0287. The molecule has 2 N–H and O–H groups in total. The molecule has 134 valence electrons. The van der Waals surface area contributed by atoms with Crippen molar-refractivity contribution in [2.45, 2.75) is 45.3 Å². The van der Waals surface area contributed by atoms with Gasteiger partial charge in [0.1, 0.15) is 12.7 Å². The minimum Gasteiger partial charge on any atom is -0.371 e. The average Bonchev–Trinajstić information content (AvgIpc) is 3.14. The van der Waals surface area contributed by atoms with Gasteiger partial charge in [0.05, 0.1) is 6.54 Å². The van der Waals surface area contributed by atoms with E-state index in [9.17, 15) is 4.79 Å².